The van der Waals surface area contributed by atoms with Crippen LogP contribution in [0.5, 0.6) is 0 Å². The van der Waals surface area contributed by atoms with Crippen LogP contribution in [0, 0.1) is 0 Å². The molecular formula is C21H26N8O4S2. The average Bonchev–Trinajstić information content (AvgIpc) is 3.27. The van der Waals surface area contributed by atoms with Crippen LogP contribution in [0.4, 0.5) is 11.8 Å². The van der Waals surface area contributed by atoms with Gasteiger partial charge in [0.05, 0.1) is 35.2 Å². The lowest BCUT2D eigenvalue weighted by molar-refractivity contribution is -0.105. The maximum atomic E-state index is 11.8. The van der Waals surface area contributed by atoms with E-state index in [0.717, 1.165) is 40.5 Å². The Kier molecular flexibility index (Phi) is 6.88. The maximum absolute atomic E-state index is 11.8. The van der Waals surface area contributed by atoms with Gasteiger partial charge in [-0.3, -0.25) is 15.0 Å². The Morgan fingerprint density at radius 2 is 1.80 bits per heavy atom. The van der Waals surface area contributed by atoms with Gasteiger partial charge in [-0.05, 0) is 6.07 Å². The summed E-state index contributed by atoms with van der Waals surface area (Å²) in [5.41, 5.74) is 1.50. The normalized spacial score (nSPS) is 18.1. The first-order valence-corrected chi connectivity index (χ1v) is 13.9. The van der Waals surface area contributed by atoms with Gasteiger partial charge in [0.2, 0.25) is 22.4 Å². The van der Waals surface area contributed by atoms with Crippen molar-refractivity contribution in [1.29, 1.82) is 0 Å². The summed E-state index contributed by atoms with van der Waals surface area (Å²) in [6.45, 7) is 5.86. The summed E-state index contributed by atoms with van der Waals surface area (Å²) < 4.78 is 31.7. The zero-order chi connectivity index (χ0) is 24.4. The number of hydrogen-bond acceptors (Lipinski definition) is 11. The third-order valence-electron chi connectivity index (χ3n) is 5.99. The van der Waals surface area contributed by atoms with E-state index in [4.69, 9.17) is 14.7 Å². The fourth-order valence-corrected chi connectivity index (χ4v) is 6.15. The van der Waals surface area contributed by atoms with Crippen LogP contribution < -0.4 is 10.2 Å². The number of aromatic nitrogens is 4. The quantitative estimate of drug-likeness (QED) is 0.444. The molecule has 35 heavy (non-hydrogen) atoms. The van der Waals surface area contributed by atoms with Crippen LogP contribution >= 0.6 is 11.3 Å². The Bertz CT molecular complexity index is 1300. The molecule has 1 amide bonds. The smallest absolute Gasteiger partial charge is 0.229 e. The summed E-state index contributed by atoms with van der Waals surface area (Å²) in [7, 11) is -3.15. The first-order chi connectivity index (χ1) is 16.9. The number of hydrogen-bond donors (Lipinski definition) is 1. The van der Waals surface area contributed by atoms with E-state index in [-0.39, 0.29) is 5.95 Å². The van der Waals surface area contributed by atoms with Crippen LogP contribution in [0.15, 0.2) is 18.5 Å². The minimum atomic E-state index is -3.15. The highest BCUT2D eigenvalue weighted by Gasteiger charge is 2.25. The van der Waals surface area contributed by atoms with Crippen LogP contribution in [0.25, 0.3) is 21.6 Å². The Labute approximate surface area is 207 Å². The minimum Gasteiger partial charge on any atom is -0.378 e. The lowest BCUT2D eigenvalue weighted by Gasteiger charge is -2.32. The van der Waals surface area contributed by atoms with Crippen LogP contribution in [0.3, 0.4) is 0 Å². The van der Waals surface area contributed by atoms with Gasteiger partial charge in [-0.1, -0.05) is 0 Å². The van der Waals surface area contributed by atoms with Crippen molar-refractivity contribution in [3.63, 3.8) is 0 Å². The number of rotatable bonds is 7. The number of carbonyl (C=O) groups is 1. The standard InChI is InChI=1S/C21H26N8O4S2/c1-35(31,32)29-4-2-27(3-5-29)13-16-10-17-18(34-16)20(28-6-8-33-9-7-28)26-19(25-17)15-11-22-21(23-12-15)24-14-30/h10-12,14H,2-9,13H2,1H3,(H,22,23,24,30). The molecule has 5 heterocycles. The molecule has 0 aliphatic carbocycles. The van der Waals surface area contributed by atoms with Crippen molar-refractivity contribution in [2.75, 3.05) is 69.0 Å². The fraction of sp³-hybridized carbons (Fsp3) is 0.476. The van der Waals surface area contributed by atoms with E-state index in [9.17, 15) is 13.2 Å². The van der Waals surface area contributed by atoms with E-state index >= 15 is 0 Å². The maximum Gasteiger partial charge on any atom is 0.229 e. The molecule has 3 aromatic heterocycles. The van der Waals surface area contributed by atoms with E-state index in [2.05, 4.69) is 31.2 Å². The Balaban J connectivity index is 1.44. The van der Waals surface area contributed by atoms with Crippen molar-refractivity contribution in [3.8, 4) is 11.4 Å². The fourth-order valence-electron chi connectivity index (χ4n) is 4.17. The molecule has 3 aromatic rings. The van der Waals surface area contributed by atoms with Gasteiger partial charge in [-0.15, -0.1) is 11.3 Å². The number of ether oxygens (including phenoxy) is 1. The molecule has 0 unspecified atom stereocenters. The number of carbonyl (C=O) groups excluding carboxylic acids is 1. The third-order valence-corrected chi connectivity index (χ3v) is 8.40. The second-order valence-corrected chi connectivity index (χ2v) is 11.5. The first kappa shape index (κ1) is 23.9. The molecular weight excluding hydrogens is 492 g/mol. The van der Waals surface area contributed by atoms with E-state index < -0.39 is 10.0 Å². The molecule has 2 aliphatic heterocycles. The Morgan fingerprint density at radius 1 is 1.09 bits per heavy atom. The summed E-state index contributed by atoms with van der Waals surface area (Å²) in [4.78, 5) is 34.3. The van der Waals surface area contributed by atoms with Crippen molar-refractivity contribution < 1.29 is 17.9 Å². The number of morpholine rings is 1. The van der Waals surface area contributed by atoms with Gasteiger partial charge < -0.3 is 9.64 Å². The predicted molar refractivity (Wildman–Crippen MR) is 133 cm³/mol. The third kappa shape index (κ3) is 5.41. The molecule has 1 N–H and O–H groups in total. The number of nitrogens with one attached hydrogen (secondary N) is 1. The zero-order valence-electron chi connectivity index (χ0n) is 19.3. The molecule has 2 fully saturated rings. The second kappa shape index (κ2) is 10.1. The number of thiophene rings is 1. The van der Waals surface area contributed by atoms with Crippen molar-refractivity contribution in [2.45, 2.75) is 6.54 Å². The summed E-state index contributed by atoms with van der Waals surface area (Å²) >= 11 is 1.67. The molecule has 0 saturated carbocycles. The average molecular weight is 519 g/mol. The van der Waals surface area contributed by atoms with Crippen LogP contribution in [-0.4, -0.2) is 103 Å². The van der Waals surface area contributed by atoms with Gasteiger partial charge in [0.25, 0.3) is 0 Å². The van der Waals surface area contributed by atoms with Gasteiger partial charge in [0.1, 0.15) is 0 Å². The molecule has 2 saturated heterocycles. The first-order valence-electron chi connectivity index (χ1n) is 11.2. The molecule has 186 valence electrons. The van der Waals surface area contributed by atoms with Gasteiger partial charge >= 0.3 is 0 Å². The number of fused-ring (bicyclic) bond motifs is 1. The number of anilines is 2. The van der Waals surface area contributed by atoms with E-state index in [1.54, 1.807) is 23.7 Å². The van der Waals surface area contributed by atoms with Crippen LogP contribution in [-0.2, 0) is 26.1 Å². The molecule has 0 atom stereocenters. The molecule has 14 heteroatoms. The predicted octanol–water partition coefficient (Wildman–Crippen LogP) is 0.630. The number of piperazine rings is 1. The van der Waals surface area contributed by atoms with Crippen LogP contribution in [0.2, 0.25) is 0 Å². The number of amides is 1. The Hall–Kier alpha value is -2.78. The topological polar surface area (TPSA) is 134 Å². The molecule has 0 aromatic carbocycles. The van der Waals surface area contributed by atoms with Gasteiger partial charge in [0.15, 0.2) is 11.6 Å². The molecule has 0 spiro atoms. The van der Waals surface area contributed by atoms with Gasteiger partial charge in [-0.2, -0.15) is 4.31 Å². The van der Waals surface area contributed by atoms with E-state index in [1.807, 2.05) is 0 Å². The SMILES string of the molecule is CS(=O)(=O)N1CCN(Cc2cc3nc(-c4cnc(NC=O)nc4)nc(N4CCOCC4)c3s2)CC1. The zero-order valence-corrected chi connectivity index (χ0v) is 20.9. The van der Waals surface area contributed by atoms with Crippen molar-refractivity contribution in [3.05, 3.63) is 23.3 Å². The van der Waals surface area contributed by atoms with Crippen molar-refractivity contribution in [1.82, 2.24) is 29.1 Å². The molecule has 2 aliphatic rings. The highest BCUT2D eigenvalue weighted by molar-refractivity contribution is 7.88. The molecule has 5 rings (SSSR count). The van der Waals surface area contributed by atoms with E-state index in [0.29, 0.717) is 57.2 Å². The molecule has 12 nitrogen and oxygen atoms in total. The summed E-state index contributed by atoms with van der Waals surface area (Å²) in [5, 5.41) is 2.43. The van der Waals surface area contributed by atoms with Crippen molar-refractivity contribution >= 4 is 49.8 Å². The van der Waals surface area contributed by atoms with Crippen LogP contribution in [0.1, 0.15) is 4.88 Å². The monoisotopic (exact) mass is 518 g/mol. The summed E-state index contributed by atoms with van der Waals surface area (Å²) in [6, 6.07) is 2.08. The van der Waals surface area contributed by atoms with E-state index in [1.165, 1.54) is 10.6 Å². The highest BCUT2D eigenvalue weighted by atomic mass is 32.2. The summed E-state index contributed by atoms with van der Waals surface area (Å²) in [5.74, 6) is 1.59. The second-order valence-electron chi connectivity index (χ2n) is 8.39. The highest BCUT2D eigenvalue weighted by Crippen LogP contribution is 2.35. The Morgan fingerprint density at radius 3 is 2.46 bits per heavy atom. The van der Waals surface area contributed by atoms with Crippen molar-refractivity contribution in [2.24, 2.45) is 0 Å². The molecule has 0 bridgehead atoms. The largest absolute Gasteiger partial charge is 0.378 e. The lowest BCUT2D eigenvalue weighted by atomic mass is 10.3. The summed E-state index contributed by atoms with van der Waals surface area (Å²) in [6.07, 6.45) is 4.98. The minimum absolute atomic E-state index is 0.215. The van der Waals surface area contributed by atoms with Gasteiger partial charge in [-0.25, -0.2) is 28.4 Å². The number of nitrogens with zero attached hydrogens (tertiary/aromatic N) is 7. The lowest BCUT2D eigenvalue weighted by Crippen LogP contribution is -2.47. The van der Waals surface area contributed by atoms with Gasteiger partial charge in [0, 0.05) is 63.1 Å². The number of sulfonamides is 1. The molecule has 0 radical (unpaired) electrons.